The second-order valence-electron chi connectivity index (χ2n) is 3.37. The molecule has 0 bridgehead atoms. The minimum Gasteiger partial charge on any atom is -0.457 e. The van der Waals surface area contributed by atoms with Gasteiger partial charge in [0.2, 0.25) is 0 Å². The van der Waals surface area contributed by atoms with Crippen molar-refractivity contribution in [3.05, 3.63) is 0 Å². The van der Waals surface area contributed by atoms with Crippen LogP contribution in [0.5, 0.6) is 0 Å². The maximum absolute atomic E-state index is 12.8. The highest BCUT2D eigenvalue weighted by atomic mass is 19.3. The number of ether oxygens (including phenoxy) is 4. The Morgan fingerprint density at radius 3 is 1.77 bits per heavy atom. The van der Waals surface area contributed by atoms with Crippen molar-refractivity contribution in [3.63, 3.8) is 0 Å². The molecule has 0 N–H and O–H groups in total. The molecule has 132 valence electrons. The number of rotatable bonds is 9. The number of alkyl halides is 9. The molecule has 0 aliphatic carbocycles. The first kappa shape index (κ1) is 20.7. The fraction of sp³-hybridized carbons (Fsp3) is 0.875. The molecule has 0 aromatic heterocycles. The third-order valence-electron chi connectivity index (χ3n) is 1.53. The summed E-state index contributed by atoms with van der Waals surface area (Å²) in [6.45, 7) is -4.02. The lowest BCUT2D eigenvalue weighted by Gasteiger charge is -2.30. The van der Waals surface area contributed by atoms with Gasteiger partial charge in [-0.25, -0.2) is 13.9 Å². The summed E-state index contributed by atoms with van der Waals surface area (Å²) in [4.78, 5) is 10.2. The lowest BCUT2D eigenvalue weighted by Crippen LogP contribution is -2.53. The lowest BCUT2D eigenvalue weighted by molar-refractivity contribution is -0.547. The van der Waals surface area contributed by atoms with Crippen LogP contribution in [0.3, 0.4) is 0 Å². The average Bonchev–Trinajstić information content (AvgIpc) is 2.23. The van der Waals surface area contributed by atoms with Crippen LogP contribution in [0.1, 0.15) is 6.92 Å². The first-order valence-electron chi connectivity index (χ1n) is 4.89. The topological polar surface area (TPSA) is 54.0 Å². The molecular formula is C8H7F9O5. The van der Waals surface area contributed by atoms with Gasteiger partial charge >= 0.3 is 30.6 Å². The van der Waals surface area contributed by atoms with Gasteiger partial charge in [-0.1, -0.05) is 0 Å². The number of hydrogen-bond donors (Lipinski definition) is 0. The molecule has 0 aromatic carbocycles. The van der Waals surface area contributed by atoms with Gasteiger partial charge in [0.05, 0.1) is 0 Å². The molecule has 0 unspecified atom stereocenters. The minimum absolute atomic E-state index is 0.584. The van der Waals surface area contributed by atoms with Crippen LogP contribution in [-0.4, -0.2) is 44.1 Å². The summed E-state index contributed by atoms with van der Waals surface area (Å²) >= 11 is 0. The molecule has 0 rings (SSSR count). The smallest absolute Gasteiger partial charge is 0.457 e. The summed E-state index contributed by atoms with van der Waals surface area (Å²) < 4.78 is 123. The zero-order valence-electron chi connectivity index (χ0n) is 10.4. The van der Waals surface area contributed by atoms with E-state index in [9.17, 15) is 44.3 Å². The highest BCUT2D eigenvalue weighted by Crippen LogP contribution is 2.43. The summed E-state index contributed by atoms with van der Waals surface area (Å²) in [6, 6.07) is 0. The van der Waals surface area contributed by atoms with Crippen LogP contribution in [0.2, 0.25) is 0 Å². The maximum atomic E-state index is 12.8. The SMILES string of the molecule is CC(=O)OCC(F)(F)OC(F)(F)C(F)(F)OC(F)(F)OCF. The van der Waals surface area contributed by atoms with Crippen molar-refractivity contribution >= 4 is 5.97 Å². The van der Waals surface area contributed by atoms with Crippen molar-refractivity contribution in [3.8, 4) is 0 Å². The molecule has 0 aromatic rings. The van der Waals surface area contributed by atoms with Crippen LogP contribution in [0.15, 0.2) is 0 Å². The van der Waals surface area contributed by atoms with Gasteiger partial charge in [0.25, 0.3) is 0 Å². The zero-order valence-corrected chi connectivity index (χ0v) is 10.4. The third-order valence-corrected chi connectivity index (χ3v) is 1.53. The van der Waals surface area contributed by atoms with Crippen LogP contribution >= 0.6 is 0 Å². The van der Waals surface area contributed by atoms with Gasteiger partial charge in [0, 0.05) is 6.92 Å². The van der Waals surface area contributed by atoms with E-state index in [1.54, 1.807) is 0 Å². The summed E-state index contributed by atoms with van der Waals surface area (Å²) in [7, 11) is 0. The predicted octanol–water partition coefficient (Wildman–Crippen LogP) is 2.86. The van der Waals surface area contributed by atoms with Crippen LogP contribution in [0.25, 0.3) is 0 Å². The molecule has 0 aliphatic rings. The highest BCUT2D eigenvalue weighted by molar-refractivity contribution is 5.65. The molecule has 14 heteroatoms. The van der Waals surface area contributed by atoms with Gasteiger partial charge in [-0.15, -0.1) is 8.78 Å². The van der Waals surface area contributed by atoms with E-state index >= 15 is 0 Å². The molecule has 0 saturated heterocycles. The van der Waals surface area contributed by atoms with E-state index in [0.29, 0.717) is 6.92 Å². The Balaban J connectivity index is 4.99. The van der Waals surface area contributed by atoms with Crippen molar-refractivity contribution in [1.29, 1.82) is 0 Å². The summed E-state index contributed by atoms with van der Waals surface area (Å²) in [6.07, 6.45) is -23.4. The molecule has 22 heavy (non-hydrogen) atoms. The molecule has 5 nitrogen and oxygen atoms in total. The fourth-order valence-corrected chi connectivity index (χ4v) is 0.764. The first-order valence-corrected chi connectivity index (χ1v) is 4.89. The number of halogens is 9. The predicted molar refractivity (Wildman–Crippen MR) is 45.7 cm³/mol. The molecule has 0 radical (unpaired) electrons. The van der Waals surface area contributed by atoms with Crippen LogP contribution < -0.4 is 0 Å². The Morgan fingerprint density at radius 1 is 0.909 bits per heavy atom. The van der Waals surface area contributed by atoms with E-state index in [2.05, 4.69) is 18.9 Å². The van der Waals surface area contributed by atoms with Crippen molar-refractivity contribution in [2.24, 2.45) is 0 Å². The van der Waals surface area contributed by atoms with Crippen LogP contribution in [0, 0.1) is 0 Å². The average molecular weight is 354 g/mol. The van der Waals surface area contributed by atoms with E-state index in [1.807, 2.05) is 0 Å². The summed E-state index contributed by atoms with van der Waals surface area (Å²) in [5, 5.41) is 0. The second-order valence-corrected chi connectivity index (χ2v) is 3.37. The normalized spacial score (nSPS) is 14.1. The van der Waals surface area contributed by atoms with Crippen molar-refractivity contribution in [1.82, 2.24) is 0 Å². The third kappa shape index (κ3) is 6.65. The molecule has 0 amide bonds. The molecule has 0 atom stereocenters. The molecule has 0 aliphatic heterocycles. The number of carbonyl (C=O) groups is 1. The molecule has 0 heterocycles. The van der Waals surface area contributed by atoms with Crippen LogP contribution in [-0.2, 0) is 23.7 Å². The van der Waals surface area contributed by atoms with Crippen molar-refractivity contribution < 1.29 is 63.3 Å². The fourth-order valence-electron chi connectivity index (χ4n) is 0.764. The van der Waals surface area contributed by atoms with Gasteiger partial charge in [0.1, 0.15) is 0 Å². The Morgan fingerprint density at radius 2 is 1.36 bits per heavy atom. The van der Waals surface area contributed by atoms with Gasteiger partial charge in [-0.05, 0) is 0 Å². The standard InChI is InChI=1S/C8H7F9O5/c1-4(18)19-2-5(10,11)21-6(12,13)7(14,15)22-8(16,17)20-3-9/h2-3H2,1H3. The van der Waals surface area contributed by atoms with Gasteiger partial charge in [-0.2, -0.15) is 26.3 Å². The van der Waals surface area contributed by atoms with Crippen molar-refractivity contribution in [2.45, 2.75) is 31.5 Å². The van der Waals surface area contributed by atoms with Crippen molar-refractivity contribution in [2.75, 3.05) is 13.5 Å². The maximum Gasteiger partial charge on any atom is 0.492 e. The second kappa shape index (κ2) is 6.87. The van der Waals surface area contributed by atoms with Crippen LogP contribution in [0.4, 0.5) is 39.5 Å². The van der Waals surface area contributed by atoms with E-state index in [1.165, 1.54) is 0 Å². The van der Waals surface area contributed by atoms with E-state index in [4.69, 9.17) is 0 Å². The molecule has 0 spiro atoms. The van der Waals surface area contributed by atoms with E-state index in [-0.39, 0.29) is 0 Å². The zero-order chi connectivity index (χ0) is 17.8. The van der Waals surface area contributed by atoms with E-state index in [0.717, 1.165) is 0 Å². The summed E-state index contributed by atoms with van der Waals surface area (Å²) in [5.74, 6) is -1.39. The number of carbonyl (C=O) groups excluding carboxylic acids is 1. The lowest BCUT2D eigenvalue weighted by atomic mass is 10.5. The summed E-state index contributed by atoms with van der Waals surface area (Å²) in [5.41, 5.74) is 0. The highest BCUT2D eigenvalue weighted by Gasteiger charge is 2.68. The Labute approximate surface area is 115 Å². The molecular weight excluding hydrogens is 347 g/mol. The first-order chi connectivity index (χ1) is 9.64. The Kier molecular flexibility index (Phi) is 6.47. The number of hydrogen-bond acceptors (Lipinski definition) is 5. The molecule has 0 saturated carbocycles. The molecule has 0 fully saturated rings. The van der Waals surface area contributed by atoms with Gasteiger partial charge in [-0.3, -0.25) is 9.53 Å². The van der Waals surface area contributed by atoms with E-state index < -0.39 is 44.1 Å². The van der Waals surface area contributed by atoms with Gasteiger partial charge in [0.15, 0.2) is 13.5 Å². The minimum atomic E-state index is -6.34. The monoisotopic (exact) mass is 354 g/mol. The number of esters is 1. The Bertz CT molecular complexity index is 386. The quantitative estimate of drug-likeness (QED) is 0.362. The Hall–Kier alpha value is -1.28. The van der Waals surface area contributed by atoms with Gasteiger partial charge < -0.3 is 4.74 Å². The largest absolute Gasteiger partial charge is 0.492 e.